The standard InChI is InChI=1S/C16H18O4S/c1-4-13-5-7-14(8-6-13)20-21(17,18)15-9-10-16(19-3)12(2)11-15/h5-11H,4H2,1-3H3. The summed E-state index contributed by atoms with van der Waals surface area (Å²) in [5.41, 5.74) is 1.86. The van der Waals surface area contributed by atoms with Gasteiger partial charge in [-0.25, -0.2) is 0 Å². The highest BCUT2D eigenvalue weighted by Gasteiger charge is 2.17. The van der Waals surface area contributed by atoms with Crippen molar-refractivity contribution in [2.24, 2.45) is 0 Å². The summed E-state index contributed by atoms with van der Waals surface area (Å²) in [6.45, 7) is 3.82. The van der Waals surface area contributed by atoms with Gasteiger partial charge in [0, 0.05) is 0 Å². The fraction of sp³-hybridized carbons (Fsp3) is 0.250. The molecule has 0 aliphatic carbocycles. The third-order valence-electron chi connectivity index (χ3n) is 3.19. The molecule has 0 radical (unpaired) electrons. The Morgan fingerprint density at radius 1 is 1.05 bits per heavy atom. The first-order valence-electron chi connectivity index (χ1n) is 6.64. The molecule has 0 aliphatic heterocycles. The molecule has 0 N–H and O–H groups in total. The van der Waals surface area contributed by atoms with Crippen molar-refractivity contribution in [1.82, 2.24) is 0 Å². The fourth-order valence-electron chi connectivity index (χ4n) is 1.96. The minimum atomic E-state index is -3.84. The van der Waals surface area contributed by atoms with Gasteiger partial charge in [0.2, 0.25) is 0 Å². The topological polar surface area (TPSA) is 52.6 Å². The Hall–Kier alpha value is -2.01. The summed E-state index contributed by atoms with van der Waals surface area (Å²) in [7, 11) is -2.29. The first-order chi connectivity index (χ1) is 9.96. The molecule has 0 saturated carbocycles. The van der Waals surface area contributed by atoms with Crippen molar-refractivity contribution >= 4 is 10.1 Å². The molecular weight excluding hydrogens is 288 g/mol. The maximum Gasteiger partial charge on any atom is 0.339 e. The maximum absolute atomic E-state index is 12.2. The molecule has 0 fully saturated rings. The largest absolute Gasteiger partial charge is 0.496 e. The van der Waals surface area contributed by atoms with E-state index in [9.17, 15) is 8.42 Å². The smallest absolute Gasteiger partial charge is 0.339 e. The van der Waals surface area contributed by atoms with Gasteiger partial charge in [0.05, 0.1) is 7.11 Å². The maximum atomic E-state index is 12.2. The van der Waals surface area contributed by atoms with E-state index in [1.54, 1.807) is 32.2 Å². The minimum absolute atomic E-state index is 0.111. The third-order valence-corrected chi connectivity index (χ3v) is 4.44. The van der Waals surface area contributed by atoms with Crippen LogP contribution in [0.15, 0.2) is 47.4 Å². The van der Waals surface area contributed by atoms with E-state index < -0.39 is 10.1 Å². The number of methoxy groups -OCH3 is 1. The van der Waals surface area contributed by atoms with Crippen LogP contribution >= 0.6 is 0 Å². The molecular formula is C16H18O4S. The van der Waals surface area contributed by atoms with Crippen LogP contribution in [-0.4, -0.2) is 15.5 Å². The molecule has 2 aromatic rings. The molecule has 5 heteroatoms. The molecule has 21 heavy (non-hydrogen) atoms. The summed E-state index contributed by atoms with van der Waals surface area (Å²) < 4.78 is 34.8. The van der Waals surface area contributed by atoms with E-state index in [1.807, 2.05) is 19.1 Å². The third kappa shape index (κ3) is 3.55. The van der Waals surface area contributed by atoms with Gasteiger partial charge in [-0.2, -0.15) is 8.42 Å². The molecule has 2 aromatic carbocycles. The van der Waals surface area contributed by atoms with E-state index >= 15 is 0 Å². The van der Waals surface area contributed by atoms with Crippen LogP contribution in [0.25, 0.3) is 0 Å². The Morgan fingerprint density at radius 3 is 2.24 bits per heavy atom. The fourth-order valence-corrected chi connectivity index (χ4v) is 2.98. The lowest BCUT2D eigenvalue weighted by Gasteiger charge is -2.10. The van der Waals surface area contributed by atoms with Gasteiger partial charge in [-0.15, -0.1) is 0 Å². The van der Waals surface area contributed by atoms with Crippen LogP contribution < -0.4 is 8.92 Å². The zero-order valence-corrected chi connectivity index (χ0v) is 13.1. The molecule has 0 heterocycles. The lowest BCUT2D eigenvalue weighted by Crippen LogP contribution is -2.10. The normalized spacial score (nSPS) is 11.2. The Morgan fingerprint density at radius 2 is 1.71 bits per heavy atom. The number of ether oxygens (including phenoxy) is 1. The van der Waals surface area contributed by atoms with Crippen LogP contribution in [0.2, 0.25) is 0 Å². The Kier molecular flexibility index (Phi) is 4.53. The Bertz CT molecular complexity index is 718. The van der Waals surface area contributed by atoms with Crippen LogP contribution in [0, 0.1) is 6.92 Å². The van der Waals surface area contributed by atoms with Crippen molar-refractivity contribution in [2.45, 2.75) is 25.2 Å². The van der Waals surface area contributed by atoms with Gasteiger partial charge in [-0.1, -0.05) is 19.1 Å². The summed E-state index contributed by atoms with van der Waals surface area (Å²) in [5, 5.41) is 0. The molecule has 112 valence electrons. The van der Waals surface area contributed by atoms with E-state index in [0.717, 1.165) is 17.5 Å². The number of hydrogen-bond acceptors (Lipinski definition) is 4. The SMILES string of the molecule is CCc1ccc(OS(=O)(=O)c2ccc(OC)c(C)c2)cc1. The van der Waals surface area contributed by atoms with Crippen LogP contribution in [0.5, 0.6) is 11.5 Å². The van der Waals surface area contributed by atoms with E-state index in [0.29, 0.717) is 11.5 Å². The molecule has 0 saturated heterocycles. The van der Waals surface area contributed by atoms with E-state index in [2.05, 4.69) is 0 Å². The quantitative estimate of drug-likeness (QED) is 0.795. The summed E-state index contributed by atoms with van der Waals surface area (Å²) in [4.78, 5) is 0.111. The highest BCUT2D eigenvalue weighted by molar-refractivity contribution is 7.87. The average molecular weight is 306 g/mol. The molecule has 0 amide bonds. The van der Waals surface area contributed by atoms with E-state index in [4.69, 9.17) is 8.92 Å². The van der Waals surface area contributed by atoms with Crippen molar-refractivity contribution in [3.8, 4) is 11.5 Å². The van der Waals surface area contributed by atoms with Gasteiger partial charge in [0.25, 0.3) is 0 Å². The van der Waals surface area contributed by atoms with Crippen LogP contribution in [0.1, 0.15) is 18.1 Å². The van der Waals surface area contributed by atoms with Gasteiger partial charge < -0.3 is 8.92 Å². The monoisotopic (exact) mass is 306 g/mol. The lowest BCUT2D eigenvalue weighted by molar-refractivity contribution is 0.411. The molecule has 0 aromatic heterocycles. The molecule has 0 bridgehead atoms. The summed E-state index contributed by atoms with van der Waals surface area (Å²) in [5.74, 6) is 0.946. The Balaban J connectivity index is 2.26. The van der Waals surface area contributed by atoms with E-state index in [-0.39, 0.29) is 4.90 Å². The average Bonchev–Trinajstić information content (AvgIpc) is 2.47. The Labute approximate surface area is 125 Å². The summed E-state index contributed by atoms with van der Waals surface area (Å²) in [6, 6.07) is 11.6. The first kappa shape index (κ1) is 15.4. The number of hydrogen-bond donors (Lipinski definition) is 0. The van der Waals surface area contributed by atoms with Crippen molar-refractivity contribution in [2.75, 3.05) is 7.11 Å². The predicted molar refractivity (Wildman–Crippen MR) is 81.4 cm³/mol. The van der Waals surface area contributed by atoms with Gasteiger partial charge in [0.1, 0.15) is 16.4 Å². The van der Waals surface area contributed by atoms with Gasteiger partial charge in [-0.05, 0) is 54.8 Å². The van der Waals surface area contributed by atoms with E-state index in [1.165, 1.54) is 12.1 Å². The minimum Gasteiger partial charge on any atom is -0.496 e. The highest BCUT2D eigenvalue weighted by Crippen LogP contribution is 2.24. The first-order valence-corrected chi connectivity index (χ1v) is 8.05. The molecule has 4 nitrogen and oxygen atoms in total. The zero-order chi connectivity index (χ0) is 15.5. The molecule has 0 aliphatic rings. The second kappa shape index (κ2) is 6.18. The second-order valence-electron chi connectivity index (χ2n) is 4.67. The number of rotatable bonds is 5. The van der Waals surface area contributed by atoms with Gasteiger partial charge >= 0.3 is 10.1 Å². The number of aryl methyl sites for hydroxylation is 2. The van der Waals surface area contributed by atoms with Crippen molar-refractivity contribution in [3.63, 3.8) is 0 Å². The van der Waals surface area contributed by atoms with Crippen molar-refractivity contribution in [1.29, 1.82) is 0 Å². The van der Waals surface area contributed by atoms with Crippen molar-refractivity contribution in [3.05, 3.63) is 53.6 Å². The second-order valence-corrected chi connectivity index (χ2v) is 6.21. The molecule has 2 rings (SSSR count). The number of benzene rings is 2. The van der Waals surface area contributed by atoms with Gasteiger partial charge in [-0.3, -0.25) is 0 Å². The van der Waals surface area contributed by atoms with Crippen molar-refractivity contribution < 1.29 is 17.3 Å². The molecule has 0 atom stereocenters. The van der Waals surface area contributed by atoms with Crippen LogP contribution in [0.4, 0.5) is 0 Å². The highest BCUT2D eigenvalue weighted by atomic mass is 32.2. The lowest BCUT2D eigenvalue weighted by atomic mass is 10.2. The van der Waals surface area contributed by atoms with Gasteiger partial charge in [0.15, 0.2) is 0 Å². The predicted octanol–water partition coefficient (Wildman–Crippen LogP) is 3.33. The zero-order valence-electron chi connectivity index (χ0n) is 12.3. The van der Waals surface area contributed by atoms with Crippen LogP contribution in [-0.2, 0) is 16.5 Å². The van der Waals surface area contributed by atoms with Crippen LogP contribution in [0.3, 0.4) is 0 Å². The molecule has 0 spiro atoms. The summed E-state index contributed by atoms with van der Waals surface area (Å²) >= 11 is 0. The summed E-state index contributed by atoms with van der Waals surface area (Å²) in [6.07, 6.45) is 0.894. The molecule has 0 unspecified atom stereocenters.